The largest absolute Gasteiger partial charge is 0.369 e. The first-order valence-corrected chi connectivity index (χ1v) is 14.7. The third-order valence-electron chi connectivity index (χ3n) is 7.72. The molecule has 2 aromatic carbocycles. The molecule has 37 heavy (non-hydrogen) atoms. The van der Waals surface area contributed by atoms with Crippen molar-refractivity contribution in [1.29, 1.82) is 0 Å². The van der Waals surface area contributed by atoms with E-state index in [1.807, 2.05) is 6.07 Å². The van der Waals surface area contributed by atoms with E-state index in [0.717, 1.165) is 87.3 Å². The maximum Gasteiger partial charge on any atom is 0.224 e. The monoisotopic (exact) mass is 539 g/mol. The van der Waals surface area contributed by atoms with Crippen LogP contribution in [0.25, 0.3) is 10.2 Å². The second kappa shape index (κ2) is 11.6. The van der Waals surface area contributed by atoms with Gasteiger partial charge in [0.15, 0.2) is 5.13 Å². The number of carbonyl (C=O) groups is 1. The number of hydrogen-bond donors (Lipinski definition) is 1. The second-order valence-corrected chi connectivity index (χ2v) is 12.1. The van der Waals surface area contributed by atoms with Crippen molar-refractivity contribution in [2.75, 3.05) is 62.2 Å². The van der Waals surface area contributed by atoms with Gasteiger partial charge in [-0.25, -0.2) is 4.98 Å². The van der Waals surface area contributed by atoms with Crippen LogP contribution in [0.5, 0.6) is 0 Å². The number of amides is 1. The molecule has 6 nitrogen and oxygen atoms in total. The summed E-state index contributed by atoms with van der Waals surface area (Å²) < 4.78 is 1.24. The zero-order chi connectivity index (χ0) is 25.9. The number of carbonyl (C=O) groups excluding carboxylic acids is 1. The molecule has 0 aliphatic carbocycles. The van der Waals surface area contributed by atoms with E-state index in [1.165, 1.54) is 27.1 Å². The van der Waals surface area contributed by atoms with Gasteiger partial charge in [-0.3, -0.25) is 9.69 Å². The Labute approximate surface area is 229 Å². The van der Waals surface area contributed by atoms with E-state index < -0.39 is 0 Å². The Hall–Kier alpha value is -2.35. The maximum absolute atomic E-state index is 13.0. The van der Waals surface area contributed by atoms with Crippen molar-refractivity contribution in [2.24, 2.45) is 5.92 Å². The predicted molar refractivity (Wildman–Crippen MR) is 156 cm³/mol. The lowest BCUT2D eigenvalue weighted by molar-refractivity contribution is -0.125. The highest BCUT2D eigenvalue weighted by molar-refractivity contribution is 7.22. The summed E-state index contributed by atoms with van der Waals surface area (Å²) in [4.78, 5) is 25.1. The second-order valence-electron chi connectivity index (χ2n) is 10.6. The number of piperidine rings is 1. The number of aromatic nitrogens is 1. The zero-order valence-electron chi connectivity index (χ0n) is 22.2. The third kappa shape index (κ3) is 6.21. The number of rotatable bonds is 7. The minimum absolute atomic E-state index is 0.0353. The van der Waals surface area contributed by atoms with Gasteiger partial charge >= 0.3 is 0 Å². The minimum atomic E-state index is 0.0353. The van der Waals surface area contributed by atoms with Crippen LogP contribution in [0, 0.1) is 26.7 Å². The van der Waals surface area contributed by atoms with Crippen molar-refractivity contribution < 1.29 is 4.79 Å². The smallest absolute Gasteiger partial charge is 0.224 e. The molecule has 1 aromatic heterocycles. The topological polar surface area (TPSA) is 51.7 Å². The number of fused-ring (bicyclic) bond motifs is 1. The van der Waals surface area contributed by atoms with Crippen molar-refractivity contribution in [3.63, 3.8) is 0 Å². The molecule has 3 aromatic rings. The number of thiazole rings is 1. The standard InChI is InChI=1S/C29H38ClN5OS/c1-20-16-22(3)27-26(17-20)37-29(32-27)35-11-4-6-23(19-35)28(36)31-9-5-10-33-12-14-34(15-13-33)25-18-24(30)8-7-21(25)2/h7-8,16-18,23H,4-6,9-15,19H2,1-3H3,(H,31,36)/t23-/m1/s1. The van der Waals surface area contributed by atoms with E-state index >= 15 is 0 Å². The normalized spacial score (nSPS) is 19.0. The summed E-state index contributed by atoms with van der Waals surface area (Å²) in [6.07, 6.45) is 2.97. The van der Waals surface area contributed by atoms with Gasteiger partial charge in [0.05, 0.1) is 16.1 Å². The number of halogens is 1. The lowest BCUT2D eigenvalue weighted by atomic mass is 9.97. The summed E-state index contributed by atoms with van der Waals surface area (Å²) >= 11 is 7.97. The Kier molecular flexibility index (Phi) is 8.22. The molecule has 2 aliphatic rings. The highest BCUT2D eigenvalue weighted by atomic mass is 35.5. The molecule has 1 amide bonds. The highest BCUT2D eigenvalue weighted by Gasteiger charge is 2.27. The summed E-state index contributed by atoms with van der Waals surface area (Å²) in [5.74, 6) is 0.229. The first kappa shape index (κ1) is 26.3. The van der Waals surface area contributed by atoms with Gasteiger partial charge < -0.3 is 15.1 Å². The van der Waals surface area contributed by atoms with Crippen molar-refractivity contribution in [3.05, 3.63) is 52.0 Å². The summed E-state index contributed by atoms with van der Waals surface area (Å²) in [5.41, 5.74) is 6.12. The minimum Gasteiger partial charge on any atom is -0.369 e. The lowest BCUT2D eigenvalue weighted by Gasteiger charge is -2.37. The third-order valence-corrected chi connectivity index (χ3v) is 9.01. The van der Waals surface area contributed by atoms with Crippen molar-refractivity contribution in [2.45, 2.75) is 40.0 Å². The van der Waals surface area contributed by atoms with Crippen molar-refractivity contribution in [3.8, 4) is 0 Å². The molecule has 2 aliphatic heterocycles. The van der Waals surface area contributed by atoms with Crippen LogP contribution in [-0.4, -0.2) is 68.1 Å². The molecule has 5 rings (SSSR count). The molecule has 0 saturated carbocycles. The first-order chi connectivity index (χ1) is 17.9. The molecule has 0 bridgehead atoms. The van der Waals surface area contributed by atoms with E-state index in [9.17, 15) is 4.79 Å². The average Bonchev–Trinajstić information content (AvgIpc) is 3.33. The summed E-state index contributed by atoms with van der Waals surface area (Å²) in [5, 5.41) is 5.07. The van der Waals surface area contributed by atoms with Crippen LogP contribution >= 0.6 is 22.9 Å². The average molecular weight is 540 g/mol. The van der Waals surface area contributed by atoms with E-state index in [2.05, 4.69) is 65.1 Å². The Morgan fingerprint density at radius 3 is 2.68 bits per heavy atom. The van der Waals surface area contributed by atoms with Gasteiger partial charge in [0, 0.05) is 56.5 Å². The van der Waals surface area contributed by atoms with E-state index in [1.54, 1.807) is 11.3 Å². The molecule has 0 spiro atoms. The van der Waals surface area contributed by atoms with E-state index in [-0.39, 0.29) is 11.8 Å². The molecular weight excluding hydrogens is 502 g/mol. The van der Waals surface area contributed by atoms with Crippen LogP contribution in [0.1, 0.15) is 36.0 Å². The Bertz CT molecular complexity index is 1250. The molecule has 198 valence electrons. The van der Waals surface area contributed by atoms with Gasteiger partial charge in [0.2, 0.25) is 5.91 Å². The van der Waals surface area contributed by atoms with Gasteiger partial charge in [0.1, 0.15) is 0 Å². The molecule has 3 heterocycles. The lowest BCUT2D eigenvalue weighted by Crippen LogP contribution is -2.47. The molecule has 0 radical (unpaired) electrons. The molecule has 0 unspecified atom stereocenters. The van der Waals surface area contributed by atoms with Gasteiger partial charge in [-0.15, -0.1) is 0 Å². The van der Waals surface area contributed by atoms with Crippen LogP contribution in [0.15, 0.2) is 30.3 Å². The van der Waals surface area contributed by atoms with Crippen LogP contribution in [0.2, 0.25) is 5.02 Å². The van der Waals surface area contributed by atoms with Crippen LogP contribution in [-0.2, 0) is 4.79 Å². The van der Waals surface area contributed by atoms with Gasteiger partial charge in [-0.1, -0.05) is 35.1 Å². The van der Waals surface area contributed by atoms with Crippen molar-refractivity contribution >= 4 is 49.9 Å². The number of aryl methyl sites for hydroxylation is 3. The Balaban J connectivity index is 1.06. The first-order valence-electron chi connectivity index (χ1n) is 13.5. The Morgan fingerprint density at radius 1 is 1.05 bits per heavy atom. The van der Waals surface area contributed by atoms with Crippen molar-refractivity contribution in [1.82, 2.24) is 15.2 Å². The van der Waals surface area contributed by atoms with Crippen LogP contribution in [0.3, 0.4) is 0 Å². The molecular formula is C29H38ClN5OS. The predicted octanol–water partition coefficient (Wildman–Crippen LogP) is 5.42. The molecule has 1 N–H and O–H groups in total. The summed E-state index contributed by atoms with van der Waals surface area (Å²) in [6.45, 7) is 14.0. The fraction of sp³-hybridized carbons (Fsp3) is 0.517. The summed E-state index contributed by atoms with van der Waals surface area (Å²) in [6, 6.07) is 10.5. The number of benzene rings is 2. The van der Waals surface area contributed by atoms with Gasteiger partial charge in [-0.2, -0.15) is 0 Å². The quantitative estimate of drug-likeness (QED) is 0.406. The molecule has 2 fully saturated rings. The maximum atomic E-state index is 13.0. The number of nitrogens with zero attached hydrogens (tertiary/aromatic N) is 4. The Morgan fingerprint density at radius 2 is 1.86 bits per heavy atom. The number of nitrogens with one attached hydrogen (secondary N) is 1. The van der Waals surface area contributed by atoms with Gasteiger partial charge in [-0.05, 0) is 81.5 Å². The molecule has 1 atom stereocenters. The van der Waals surface area contributed by atoms with Crippen LogP contribution < -0.4 is 15.1 Å². The highest BCUT2D eigenvalue weighted by Crippen LogP contribution is 2.33. The van der Waals surface area contributed by atoms with Crippen LogP contribution in [0.4, 0.5) is 10.8 Å². The van der Waals surface area contributed by atoms with Gasteiger partial charge in [0.25, 0.3) is 0 Å². The summed E-state index contributed by atoms with van der Waals surface area (Å²) in [7, 11) is 0. The van der Waals surface area contributed by atoms with E-state index in [4.69, 9.17) is 16.6 Å². The fourth-order valence-corrected chi connectivity index (χ4v) is 7.00. The molecule has 8 heteroatoms. The number of piperazine rings is 1. The van der Waals surface area contributed by atoms with E-state index in [0.29, 0.717) is 0 Å². The SMILES string of the molecule is Cc1cc(C)c2nc(N3CCC[C@@H](C(=O)NCCCN4CCN(c5cc(Cl)ccc5C)CC4)C3)sc2c1. The number of hydrogen-bond acceptors (Lipinski definition) is 6. The number of anilines is 2. The molecule has 2 saturated heterocycles. The fourth-order valence-electron chi connectivity index (χ4n) is 5.65. The zero-order valence-corrected chi connectivity index (χ0v) is 23.8.